The Balaban J connectivity index is 1.41. The van der Waals surface area contributed by atoms with Crippen LogP contribution in [0.25, 0.3) is 16.7 Å². The summed E-state index contributed by atoms with van der Waals surface area (Å²) in [4.78, 5) is 27.6. The number of morpholine rings is 1. The number of hydrogen-bond acceptors (Lipinski definition) is 8. The molecule has 3 aromatic carbocycles. The first-order valence-corrected chi connectivity index (χ1v) is 11.5. The lowest BCUT2D eigenvalue weighted by Crippen LogP contribution is -2.37. The molecule has 1 N–H and O–H groups in total. The largest absolute Gasteiger partial charge is 0.494 e. The summed E-state index contributed by atoms with van der Waals surface area (Å²) in [5.41, 5.74) is 3.23. The van der Waals surface area contributed by atoms with E-state index in [0.29, 0.717) is 55.3 Å². The highest BCUT2D eigenvalue weighted by molar-refractivity contribution is 6.09. The van der Waals surface area contributed by atoms with Crippen molar-refractivity contribution in [2.45, 2.75) is 6.92 Å². The summed E-state index contributed by atoms with van der Waals surface area (Å²) < 4.78 is 10.9. The summed E-state index contributed by atoms with van der Waals surface area (Å²) in [5.74, 6) is 0.319. The van der Waals surface area contributed by atoms with Gasteiger partial charge in [0, 0.05) is 30.9 Å². The molecule has 2 heterocycles. The minimum absolute atomic E-state index is 0.147. The predicted octanol–water partition coefficient (Wildman–Crippen LogP) is 3.82. The number of nitro groups is 1. The molecule has 0 unspecified atom stereocenters. The van der Waals surface area contributed by atoms with Gasteiger partial charge < -0.3 is 19.7 Å². The Morgan fingerprint density at radius 2 is 1.81 bits per heavy atom. The minimum atomic E-state index is -0.509. The molecule has 11 nitrogen and oxygen atoms in total. The highest BCUT2D eigenvalue weighted by Crippen LogP contribution is 2.28. The van der Waals surface area contributed by atoms with Crippen molar-refractivity contribution in [1.82, 2.24) is 15.0 Å². The summed E-state index contributed by atoms with van der Waals surface area (Å²) in [6, 6.07) is 17.0. The first kappa shape index (κ1) is 23.2. The third kappa shape index (κ3) is 4.82. The number of benzene rings is 3. The van der Waals surface area contributed by atoms with E-state index in [-0.39, 0.29) is 11.3 Å². The van der Waals surface area contributed by atoms with E-state index in [2.05, 4.69) is 15.5 Å². The van der Waals surface area contributed by atoms with E-state index in [9.17, 15) is 14.9 Å². The van der Waals surface area contributed by atoms with E-state index in [1.807, 2.05) is 36.1 Å². The van der Waals surface area contributed by atoms with Crippen molar-refractivity contribution in [1.29, 1.82) is 0 Å². The standard InChI is InChI=1S/C25H24N6O5/c1-2-36-20-7-4-18(5-8-20)30-27-22-9-3-17(15-23(22)28-30)26-25(32)21-16-19(31(33)34)6-10-24(21)29-11-13-35-14-12-29/h3-10,15-16H,2,11-14H2,1H3,(H,26,32). The second kappa shape index (κ2) is 10.0. The third-order valence-corrected chi connectivity index (χ3v) is 5.80. The van der Waals surface area contributed by atoms with Gasteiger partial charge in [-0.2, -0.15) is 4.80 Å². The fraction of sp³-hybridized carbons (Fsp3) is 0.240. The van der Waals surface area contributed by atoms with Crippen molar-refractivity contribution < 1.29 is 19.2 Å². The van der Waals surface area contributed by atoms with Crippen molar-refractivity contribution in [2.75, 3.05) is 43.1 Å². The SMILES string of the molecule is CCOc1ccc(-n2nc3ccc(NC(=O)c4cc([N+](=O)[O-])ccc4N4CCOCC4)cc3n2)cc1. The van der Waals surface area contributed by atoms with Crippen LogP contribution in [0.2, 0.25) is 0 Å². The van der Waals surface area contributed by atoms with Crippen LogP contribution in [0.15, 0.2) is 60.7 Å². The number of nitrogens with zero attached hydrogens (tertiary/aromatic N) is 5. The van der Waals surface area contributed by atoms with E-state index in [0.717, 1.165) is 11.4 Å². The van der Waals surface area contributed by atoms with E-state index in [1.54, 1.807) is 24.3 Å². The molecule has 0 atom stereocenters. The van der Waals surface area contributed by atoms with Crippen LogP contribution < -0.4 is 15.0 Å². The summed E-state index contributed by atoms with van der Waals surface area (Å²) in [5, 5.41) is 23.2. The van der Waals surface area contributed by atoms with Gasteiger partial charge in [-0.15, -0.1) is 10.2 Å². The lowest BCUT2D eigenvalue weighted by Gasteiger charge is -2.30. The predicted molar refractivity (Wildman–Crippen MR) is 134 cm³/mol. The number of aromatic nitrogens is 3. The average Bonchev–Trinajstić information content (AvgIpc) is 3.33. The molecule has 0 radical (unpaired) electrons. The third-order valence-electron chi connectivity index (χ3n) is 5.80. The van der Waals surface area contributed by atoms with Gasteiger partial charge in [0.15, 0.2) is 0 Å². The Morgan fingerprint density at radius 3 is 2.53 bits per heavy atom. The summed E-state index contributed by atoms with van der Waals surface area (Å²) >= 11 is 0. The quantitative estimate of drug-likeness (QED) is 0.308. The fourth-order valence-corrected chi connectivity index (χ4v) is 4.05. The zero-order valence-electron chi connectivity index (χ0n) is 19.6. The molecule has 1 aromatic heterocycles. The number of anilines is 2. The number of nitrogens with one attached hydrogen (secondary N) is 1. The van der Waals surface area contributed by atoms with Gasteiger partial charge in [-0.05, 0) is 55.5 Å². The van der Waals surface area contributed by atoms with Crippen LogP contribution >= 0.6 is 0 Å². The first-order chi connectivity index (χ1) is 17.5. The van der Waals surface area contributed by atoms with Crippen molar-refractivity contribution in [3.8, 4) is 11.4 Å². The molecule has 184 valence electrons. The number of nitro benzene ring substituents is 1. The lowest BCUT2D eigenvalue weighted by molar-refractivity contribution is -0.384. The van der Waals surface area contributed by atoms with Crippen molar-refractivity contribution in [2.24, 2.45) is 0 Å². The monoisotopic (exact) mass is 488 g/mol. The molecule has 0 saturated carbocycles. The van der Waals surface area contributed by atoms with Crippen LogP contribution in [-0.2, 0) is 4.74 Å². The maximum Gasteiger partial charge on any atom is 0.270 e. The maximum atomic E-state index is 13.3. The Hall–Kier alpha value is -4.51. The molecule has 36 heavy (non-hydrogen) atoms. The smallest absolute Gasteiger partial charge is 0.270 e. The zero-order chi connectivity index (χ0) is 25.1. The second-order valence-electron chi connectivity index (χ2n) is 8.13. The lowest BCUT2D eigenvalue weighted by atomic mass is 10.1. The molecule has 1 fully saturated rings. The topological polar surface area (TPSA) is 125 Å². The van der Waals surface area contributed by atoms with Crippen molar-refractivity contribution in [3.63, 3.8) is 0 Å². The van der Waals surface area contributed by atoms with E-state index in [1.165, 1.54) is 16.9 Å². The molecule has 1 saturated heterocycles. The molecule has 5 rings (SSSR count). The molecule has 0 spiro atoms. The molecule has 4 aromatic rings. The Morgan fingerprint density at radius 1 is 1.06 bits per heavy atom. The second-order valence-corrected chi connectivity index (χ2v) is 8.13. The van der Waals surface area contributed by atoms with Crippen LogP contribution in [-0.4, -0.2) is 58.7 Å². The molecular weight excluding hydrogens is 464 g/mol. The molecule has 1 aliphatic rings. The molecule has 0 bridgehead atoms. The average molecular weight is 489 g/mol. The van der Waals surface area contributed by atoms with Crippen molar-refractivity contribution in [3.05, 3.63) is 76.3 Å². The fourth-order valence-electron chi connectivity index (χ4n) is 4.05. The number of ether oxygens (including phenoxy) is 2. The van der Waals surface area contributed by atoms with E-state index in [4.69, 9.17) is 9.47 Å². The highest BCUT2D eigenvalue weighted by Gasteiger charge is 2.22. The Kier molecular flexibility index (Phi) is 6.46. The first-order valence-electron chi connectivity index (χ1n) is 11.5. The number of fused-ring (bicyclic) bond motifs is 1. The van der Waals surface area contributed by atoms with Crippen molar-refractivity contribution >= 4 is 34.0 Å². The number of rotatable bonds is 7. The normalized spacial score (nSPS) is 13.5. The van der Waals surface area contributed by atoms with E-state index < -0.39 is 10.8 Å². The van der Waals surface area contributed by atoms with Gasteiger partial charge in [0.05, 0.1) is 41.7 Å². The number of carbonyl (C=O) groups excluding carboxylic acids is 1. The van der Waals surface area contributed by atoms with Crippen LogP contribution in [0.1, 0.15) is 17.3 Å². The van der Waals surface area contributed by atoms with Crippen LogP contribution in [0.4, 0.5) is 17.1 Å². The zero-order valence-corrected chi connectivity index (χ0v) is 19.6. The molecule has 1 amide bonds. The van der Waals surface area contributed by atoms with Gasteiger partial charge in [-0.1, -0.05) is 0 Å². The van der Waals surface area contributed by atoms with Gasteiger partial charge in [-0.25, -0.2) is 0 Å². The molecule has 11 heteroatoms. The Labute approximate surface area is 206 Å². The summed E-state index contributed by atoms with van der Waals surface area (Å²) in [6.07, 6.45) is 0. The molecule has 1 aliphatic heterocycles. The number of amides is 1. The van der Waals surface area contributed by atoms with Crippen LogP contribution in [0, 0.1) is 10.1 Å². The number of non-ortho nitro benzene ring substituents is 1. The minimum Gasteiger partial charge on any atom is -0.494 e. The summed E-state index contributed by atoms with van der Waals surface area (Å²) in [7, 11) is 0. The number of carbonyl (C=O) groups is 1. The van der Waals surface area contributed by atoms with Gasteiger partial charge in [0.2, 0.25) is 0 Å². The van der Waals surface area contributed by atoms with Gasteiger partial charge in [-0.3, -0.25) is 14.9 Å². The van der Waals surface area contributed by atoms with Crippen LogP contribution in [0.5, 0.6) is 5.75 Å². The Bertz CT molecular complexity index is 1410. The number of hydrogen-bond donors (Lipinski definition) is 1. The van der Waals surface area contributed by atoms with Crippen LogP contribution in [0.3, 0.4) is 0 Å². The molecule has 0 aliphatic carbocycles. The molecular formula is C25H24N6O5. The van der Waals surface area contributed by atoms with Gasteiger partial charge in [0.1, 0.15) is 16.8 Å². The van der Waals surface area contributed by atoms with E-state index >= 15 is 0 Å². The van der Waals surface area contributed by atoms with Gasteiger partial charge >= 0.3 is 0 Å². The summed E-state index contributed by atoms with van der Waals surface area (Å²) in [6.45, 7) is 4.76. The van der Waals surface area contributed by atoms with Gasteiger partial charge in [0.25, 0.3) is 11.6 Å². The maximum absolute atomic E-state index is 13.3. The highest BCUT2D eigenvalue weighted by atomic mass is 16.6.